The number of piperazine rings is 1. The fourth-order valence-electron chi connectivity index (χ4n) is 3.52. The molecule has 2 aliphatic rings. The second-order valence-electron chi connectivity index (χ2n) is 7.46. The minimum atomic E-state index is 0.645. The van der Waals surface area contributed by atoms with Crippen LogP contribution in [0.25, 0.3) is 0 Å². The van der Waals surface area contributed by atoms with Gasteiger partial charge in [0.25, 0.3) is 0 Å². The maximum absolute atomic E-state index is 4.71. The van der Waals surface area contributed by atoms with Crippen LogP contribution < -0.4 is 14.7 Å². The van der Waals surface area contributed by atoms with E-state index in [1.807, 2.05) is 25.9 Å². The van der Waals surface area contributed by atoms with Crippen molar-refractivity contribution in [3.05, 3.63) is 29.8 Å². The Balaban J connectivity index is 1.44. The molecule has 0 aromatic carbocycles. The molecule has 138 valence electrons. The first-order valence-electron chi connectivity index (χ1n) is 9.45. The van der Waals surface area contributed by atoms with Crippen LogP contribution >= 0.6 is 0 Å². The average Bonchev–Trinajstić information content (AvgIpc) is 2.60. The van der Waals surface area contributed by atoms with Crippen molar-refractivity contribution in [1.29, 1.82) is 0 Å². The van der Waals surface area contributed by atoms with E-state index in [1.165, 1.54) is 25.0 Å². The first-order chi connectivity index (χ1) is 12.6. The molecule has 0 radical (unpaired) electrons. The number of anilines is 3. The lowest BCUT2D eigenvalue weighted by atomic mass is 9.83. The van der Waals surface area contributed by atoms with Gasteiger partial charge in [-0.3, -0.25) is 0 Å². The Morgan fingerprint density at radius 3 is 2.23 bits per heavy atom. The third-order valence-corrected chi connectivity index (χ3v) is 5.35. The van der Waals surface area contributed by atoms with E-state index in [2.05, 4.69) is 36.9 Å². The molecule has 4 rings (SSSR count). The molecular formula is C19H27N7. The van der Waals surface area contributed by atoms with Gasteiger partial charge in [-0.15, -0.1) is 0 Å². The molecule has 2 fully saturated rings. The summed E-state index contributed by atoms with van der Waals surface area (Å²) < 4.78 is 0. The number of rotatable bonds is 4. The summed E-state index contributed by atoms with van der Waals surface area (Å²) in [5.74, 6) is 3.49. The number of aromatic nitrogens is 4. The van der Waals surface area contributed by atoms with Gasteiger partial charge in [0, 0.05) is 69.7 Å². The predicted molar refractivity (Wildman–Crippen MR) is 104 cm³/mol. The zero-order valence-electron chi connectivity index (χ0n) is 15.9. The number of hydrogen-bond acceptors (Lipinski definition) is 7. The van der Waals surface area contributed by atoms with E-state index >= 15 is 0 Å². The fraction of sp³-hybridized carbons (Fsp3) is 0.579. The van der Waals surface area contributed by atoms with E-state index in [-0.39, 0.29) is 0 Å². The molecule has 3 heterocycles. The summed E-state index contributed by atoms with van der Waals surface area (Å²) in [6.07, 6.45) is 5.60. The maximum Gasteiger partial charge on any atom is 0.226 e. The first-order valence-corrected chi connectivity index (χ1v) is 9.45. The third kappa shape index (κ3) is 3.43. The SMILES string of the molecule is Cc1cc(N2CCN(c3cc(C4CCC4)ncn3)CC2)nc(N(C)C)n1. The third-order valence-electron chi connectivity index (χ3n) is 5.35. The minimum Gasteiger partial charge on any atom is -0.353 e. The fourth-order valence-corrected chi connectivity index (χ4v) is 3.52. The van der Waals surface area contributed by atoms with Crippen molar-refractivity contribution in [1.82, 2.24) is 19.9 Å². The van der Waals surface area contributed by atoms with Gasteiger partial charge < -0.3 is 14.7 Å². The molecule has 0 atom stereocenters. The lowest BCUT2D eigenvalue weighted by molar-refractivity contribution is 0.410. The zero-order chi connectivity index (χ0) is 18.1. The minimum absolute atomic E-state index is 0.645. The van der Waals surface area contributed by atoms with Crippen molar-refractivity contribution in [2.45, 2.75) is 32.1 Å². The van der Waals surface area contributed by atoms with Crippen molar-refractivity contribution in [3.8, 4) is 0 Å². The van der Waals surface area contributed by atoms with Crippen LogP contribution in [0.1, 0.15) is 36.6 Å². The van der Waals surface area contributed by atoms with E-state index in [1.54, 1.807) is 6.33 Å². The molecule has 2 aromatic heterocycles. The van der Waals surface area contributed by atoms with E-state index < -0.39 is 0 Å². The quantitative estimate of drug-likeness (QED) is 0.835. The summed E-state index contributed by atoms with van der Waals surface area (Å²) in [6, 6.07) is 4.26. The Bertz CT molecular complexity index is 764. The van der Waals surface area contributed by atoms with Crippen molar-refractivity contribution >= 4 is 17.6 Å². The second kappa shape index (κ2) is 7.05. The summed E-state index contributed by atoms with van der Waals surface area (Å²) >= 11 is 0. The van der Waals surface area contributed by atoms with E-state index in [0.29, 0.717) is 5.92 Å². The summed E-state index contributed by atoms with van der Waals surface area (Å²) in [5, 5.41) is 0. The number of nitrogens with zero attached hydrogens (tertiary/aromatic N) is 7. The van der Waals surface area contributed by atoms with Gasteiger partial charge in [0.05, 0.1) is 0 Å². The normalized spacial score (nSPS) is 18.0. The predicted octanol–water partition coefficient (Wildman–Crippen LogP) is 2.24. The lowest BCUT2D eigenvalue weighted by Crippen LogP contribution is -2.47. The van der Waals surface area contributed by atoms with E-state index in [9.17, 15) is 0 Å². The van der Waals surface area contributed by atoms with Gasteiger partial charge in [0.2, 0.25) is 5.95 Å². The molecule has 1 aliphatic heterocycles. The van der Waals surface area contributed by atoms with Crippen molar-refractivity contribution in [2.75, 3.05) is 55.0 Å². The molecule has 7 nitrogen and oxygen atoms in total. The van der Waals surface area contributed by atoms with Crippen LogP contribution in [0.2, 0.25) is 0 Å². The average molecular weight is 353 g/mol. The molecule has 0 bridgehead atoms. The van der Waals surface area contributed by atoms with E-state index in [0.717, 1.165) is 49.5 Å². The first kappa shape index (κ1) is 17.0. The van der Waals surface area contributed by atoms with Crippen LogP contribution in [0.5, 0.6) is 0 Å². The zero-order valence-corrected chi connectivity index (χ0v) is 15.9. The maximum atomic E-state index is 4.71. The number of hydrogen-bond donors (Lipinski definition) is 0. The van der Waals surface area contributed by atoms with Gasteiger partial charge >= 0.3 is 0 Å². The molecule has 0 N–H and O–H groups in total. The molecule has 0 unspecified atom stereocenters. The molecule has 26 heavy (non-hydrogen) atoms. The van der Waals surface area contributed by atoms with Crippen LogP contribution in [-0.4, -0.2) is 60.2 Å². The highest BCUT2D eigenvalue weighted by Gasteiger charge is 2.24. The van der Waals surface area contributed by atoms with Gasteiger partial charge in [0.15, 0.2) is 0 Å². The van der Waals surface area contributed by atoms with Crippen molar-refractivity contribution < 1.29 is 0 Å². The Morgan fingerprint density at radius 1 is 0.923 bits per heavy atom. The lowest BCUT2D eigenvalue weighted by Gasteiger charge is -2.36. The van der Waals surface area contributed by atoms with Crippen LogP contribution in [0.15, 0.2) is 18.5 Å². The van der Waals surface area contributed by atoms with Crippen LogP contribution in [0, 0.1) is 6.92 Å². The van der Waals surface area contributed by atoms with Crippen LogP contribution in [-0.2, 0) is 0 Å². The van der Waals surface area contributed by atoms with E-state index in [4.69, 9.17) is 4.98 Å². The summed E-state index contributed by atoms with van der Waals surface area (Å²) in [5.41, 5.74) is 2.22. The molecule has 2 aromatic rings. The smallest absolute Gasteiger partial charge is 0.226 e. The molecule has 0 spiro atoms. The molecular weight excluding hydrogens is 326 g/mol. The van der Waals surface area contributed by atoms with Gasteiger partial charge in [0.1, 0.15) is 18.0 Å². The van der Waals surface area contributed by atoms with Gasteiger partial charge in [-0.25, -0.2) is 15.0 Å². The second-order valence-corrected chi connectivity index (χ2v) is 7.46. The Hall–Kier alpha value is -2.44. The standard InChI is InChI=1S/C19H27N7/c1-14-11-18(23-19(22-14)24(2)3)26-9-7-25(8-10-26)17-12-16(20-13-21-17)15-5-4-6-15/h11-13,15H,4-10H2,1-3H3. The summed E-state index contributed by atoms with van der Waals surface area (Å²) in [6.45, 7) is 5.79. The molecule has 1 aliphatic carbocycles. The molecule has 7 heteroatoms. The summed E-state index contributed by atoms with van der Waals surface area (Å²) in [4.78, 5) is 24.9. The highest BCUT2D eigenvalue weighted by atomic mass is 15.3. The monoisotopic (exact) mass is 353 g/mol. The van der Waals surface area contributed by atoms with Gasteiger partial charge in [-0.1, -0.05) is 6.42 Å². The largest absolute Gasteiger partial charge is 0.353 e. The van der Waals surface area contributed by atoms with Gasteiger partial charge in [-0.2, -0.15) is 4.98 Å². The molecule has 1 saturated heterocycles. The van der Waals surface area contributed by atoms with Crippen LogP contribution in [0.3, 0.4) is 0 Å². The topological polar surface area (TPSA) is 61.3 Å². The highest BCUT2D eigenvalue weighted by Crippen LogP contribution is 2.36. The van der Waals surface area contributed by atoms with Crippen LogP contribution in [0.4, 0.5) is 17.6 Å². The Kier molecular flexibility index (Phi) is 4.61. The van der Waals surface area contributed by atoms with Gasteiger partial charge in [-0.05, 0) is 19.8 Å². The van der Waals surface area contributed by atoms with Crippen molar-refractivity contribution in [2.24, 2.45) is 0 Å². The highest BCUT2D eigenvalue weighted by molar-refractivity contribution is 5.48. The summed E-state index contributed by atoms with van der Waals surface area (Å²) in [7, 11) is 3.95. The molecule has 0 amide bonds. The Morgan fingerprint density at radius 2 is 1.62 bits per heavy atom. The Labute approximate surface area is 155 Å². The number of aryl methyl sites for hydroxylation is 1. The van der Waals surface area contributed by atoms with Crippen molar-refractivity contribution in [3.63, 3.8) is 0 Å². The molecule has 1 saturated carbocycles.